The zero-order valence-electron chi connectivity index (χ0n) is 10.4. The Morgan fingerprint density at radius 2 is 1.95 bits per heavy atom. The fraction of sp³-hybridized carbons (Fsp3) is 0.133. The summed E-state index contributed by atoms with van der Waals surface area (Å²) in [6.07, 6.45) is 0. The van der Waals surface area contributed by atoms with E-state index in [-0.39, 0.29) is 22.5 Å². The van der Waals surface area contributed by atoms with E-state index >= 15 is 0 Å². The topological polar surface area (TPSA) is 29.1 Å². The third-order valence-corrected chi connectivity index (χ3v) is 3.80. The molecule has 0 heterocycles. The summed E-state index contributed by atoms with van der Waals surface area (Å²) >= 11 is 9.26. The van der Waals surface area contributed by atoms with Crippen molar-refractivity contribution in [3.63, 3.8) is 0 Å². The number of amides is 1. The molecule has 0 saturated heterocycles. The lowest BCUT2D eigenvalue weighted by Gasteiger charge is -2.17. The Labute approximate surface area is 130 Å². The lowest BCUT2D eigenvalue weighted by Crippen LogP contribution is -2.29. The summed E-state index contributed by atoms with van der Waals surface area (Å²) in [6.45, 7) is 0. The fourth-order valence-corrected chi connectivity index (χ4v) is 2.59. The second-order valence-electron chi connectivity index (χ2n) is 4.22. The quantitative estimate of drug-likeness (QED) is 0.811. The Morgan fingerprint density at radius 1 is 1.25 bits per heavy atom. The highest BCUT2D eigenvalue weighted by Gasteiger charge is 2.16. The van der Waals surface area contributed by atoms with Crippen molar-refractivity contribution in [3.8, 4) is 0 Å². The molecule has 0 radical (unpaired) electrons. The normalized spacial score (nSPS) is 11.9. The average Bonchev–Trinajstić information content (AvgIpc) is 2.45. The van der Waals surface area contributed by atoms with Crippen LogP contribution in [0.3, 0.4) is 0 Å². The van der Waals surface area contributed by atoms with Gasteiger partial charge in [0.25, 0.3) is 5.91 Å². The molecular weight excluding hydrogens is 345 g/mol. The van der Waals surface area contributed by atoms with Crippen molar-refractivity contribution in [1.82, 2.24) is 5.32 Å². The van der Waals surface area contributed by atoms with E-state index in [4.69, 9.17) is 11.6 Å². The molecule has 0 spiro atoms. The monoisotopic (exact) mass is 355 g/mol. The Kier molecular flexibility index (Phi) is 5.15. The van der Waals surface area contributed by atoms with Crippen LogP contribution in [0.4, 0.5) is 4.39 Å². The largest absolute Gasteiger partial charge is 0.344 e. The summed E-state index contributed by atoms with van der Waals surface area (Å²) in [7, 11) is 0. The van der Waals surface area contributed by atoms with Gasteiger partial charge < -0.3 is 5.32 Å². The highest BCUT2D eigenvalue weighted by Crippen LogP contribution is 2.20. The average molecular weight is 357 g/mol. The predicted molar refractivity (Wildman–Crippen MR) is 81.9 cm³/mol. The summed E-state index contributed by atoms with van der Waals surface area (Å²) in [5.74, 6) is -0.796. The molecule has 0 aliphatic rings. The Balaban J connectivity index is 2.17. The van der Waals surface area contributed by atoms with Crippen LogP contribution in [-0.2, 0) is 0 Å². The van der Waals surface area contributed by atoms with E-state index in [1.165, 1.54) is 12.1 Å². The van der Waals surface area contributed by atoms with Gasteiger partial charge >= 0.3 is 0 Å². The highest BCUT2D eigenvalue weighted by atomic mass is 79.9. The first-order valence-corrected chi connectivity index (χ1v) is 7.48. The number of carbonyl (C=O) groups excluding carboxylic acids is 1. The predicted octanol–water partition coefficient (Wildman–Crippen LogP) is 4.35. The molecule has 2 aromatic carbocycles. The first-order valence-electron chi connectivity index (χ1n) is 5.98. The van der Waals surface area contributed by atoms with Crippen molar-refractivity contribution in [1.29, 1.82) is 0 Å². The molecule has 0 fully saturated rings. The molecule has 0 saturated carbocycles. The van der Waals surface area contributed by atoms with Crippen LogP contribution in [-0.4, -0.2) is 11.2 Å². The second-order valence-corrected chi connectivity index (χ2v) is 5.27. The summed E-state index contributed by atoms with van der Waals surface area (Å²) < 4.78 is 13.0. The molecule has 1 amide bonds. The lowest BCUT2D eigenvalue weighted by atomic mass is 10.1. The number of nitrogens with one attached hydrogen (secondary N) is 1. The standard InChI is InChI=1S/C15H12BrClFNO/c16-9-14(10-4-2-1-3-5-10)19-15(20)12-7-6-11(18)8-13(12)17/h1-8,14H,9H2,(H,19,20). The lowest BCUT2D eigenvalue weighted by molar-refractivity contribution is 0.0941. The third-order valence-electron chi connectivity index (χ3n) is 2.84. The third kappa shape index (κ3) is 3.58. The smallest absolute Gasteiger partial charge is 0.253 e. The first kappa shape index (κ1) is 15.0. The molecule has 0 aromatic heterocycles. The van der Waals surface area contributed by atoms with Crippen molar-refractivity contribution < 1.29 is 9.18 Å². The van der Waals surface area contributed by atoms with Crippen molar-refractivity contribution in [2.75, 3.05) is 5.33 Å². The van der Waals surface area contributed by atoms with Crippen LogP contribution in [0.5, 0.6) is 0 Å². The van der Waals surface area contributed by atoms with Crippen molar-refractivity contribution in [3.05, 3.63) is 70.5 Å². The number of benzene rings is 2. The number of hydrogen-bond donors (Lipinski definition) is 1. The zero-order valence-corrected chi connectivity index (χ0v) is 12.8. The second kappa shape index (κ2) is 6.86. The number of alkyl halides is 1. The summed E-state index contributed by atoms with van der Waals surface area (Å²) in [6, 6.07) is 13.1. The maximum atomic E-state index is 13.0. The van der Waals surface area contributed by atoms with E-state index in [0.717, 1.165) is 11.6 Å². The van der Waals surface area contributed by atoms with Gasteiger partial charge in [-0.25, -0.2) is 4.39 Å². The molecule has 0 aliphatic heterocycles. The van der Waals surface area contributed by atoms with Crippen LogP contribution >= 0.6 is 27.5 Å². The minimum absolute atomic E-state index is 0.101. The minimum Gasteiger partial charge on any atom is -0.344 e. The molecule has 0 bridgehead atoms. The minimum atomic E-state index is -0.466. The first-order chi connectivity index (χ1) is 9.61. The Bertz CT molecular complexity index is 606. The van der Waals surface area contributed by atoms with Gasteiger partial charge in [-0.05, 0) is 23.8 Å². The van der Waals surface area contributed by atoms with Crippen LogP contribution in [0.25, 0.3) is 0 Å². The van der Waals surface area contributed by atoms with Gasteiger partial charge in [0, 0.05) is 5.33 Å². The van der Waals surface area contributed by atoms with E-state index in [1.54, 1.807) is 0 Å². The maximum Gasteiger partial charge on any atom is 0.253 e. The SMILES string of the molecule is O=C(NC(CBr)c1ccccc1)c1ccc(F)cc1Cl. The van der Waals surface area contributed by atoms with Gasteiger partial charge in [0.05, 0.1) is 16.6 Å². The number of hydrogen-bond acceptors (Lipinski definition) is 1. The van der Waals surface area contributed by atoms with Crippen LogP contribution in [0, 0.1) is 5.82 Å². The zero-order chi connectivity index (χ0) is 14.5. The van der Waals surface area contributed by atoms with Gasteiger partial charge in [0.15, 0.2) is 0 Å². The fourth-order valence-electron chi connectivity index (χ4n) is 1.81. The van der Waals surface area contributed by atoms with Gasteiger partial charge in [-0.1, -0.05) is 57.9 Å². The van der Waals surface area contributed by atoms with Crippen molar-refractivity contribution in [2.24, 2.45) is 0 Å². The van der Waals surface area contributed by atoms with Gasteiger partial charge in [-0.2, -0.15) is 0 Å². The maximum absolute atomic E-state index is 13.0. The molecule has 1 unspecified atom stereocenters. The van der Waals surface area contributed by atoms with Crippen molar-refractivity contribution in [2.45, 2.75) is 6.04 Å². The van der Waals surface area contributed by atoms with E-state index in [2.05, 4.69) is 21.2 Å². The molecule has 2 nitrogen and oxygen atoms in total. The summed E-state index contributed by atoms with van der Waals surface area (Å²) in [5, 5.41) is 3.54. The molecule has 20 heavy (non-hydrogen) atoms. The van der Waals surface area contributed by atoms with E-state index in [1.807, 2.05) is 30.3 Å². The number of rotatable bonds is 4. The highest BCUT2D eigenvalue weighted by molar-refractivity contribution is 9.09. The van der Waals surface area contributed by atoms with Crippen LogP contribution in [0.2, 0.25) is 5.02 Å². The van der Waals surface area contributed by atoms with Crippen LogP contribution in [0.15, 0.2) is 48.5 Å². The van der Waals surface area contributed by atoms with Crippen LogP contribution in [0.1, 0.15) is 22.0 Å². The summed E-state index contributed by atoms with van der Waals surface area (Å²) in [4.78, 5) is 12.2. The number of halogens is 3. The summed E-state index contributed by atoms with van der Waals surface area (Å²) in [5.41, 5.74) is 1.24. The Morgan fingerprint density at radius 3 is 2.55 bits per heavy atom. The Hall–Kier alpha value is -1.39. The van der Waals surface area contributed by atoms with E-state index in [9.17, 15) is 9.18 Å². The van der Waals surface area contributed by atoms with Crippen LogP contribution < -0.4 is 5.32 Å². The molecule has 2 aromatic rings. The van der Waals surface area contributed by atoms with Gasteiger partial charge in [-0.3, -0.25) is 4.79 Å². The molecule has 5 heteroatoms. The molecule has 0 aliphatic carbocycles. The molecule has 2 rings (SSSR count). The van der Waals surface area contributed by atoms with E-state index in [0.29, 0.717) is 5.33 Å². The van der Waals surface area contributed by atoms with Crippen molar-refractivity contribution >= 4 is 33.4 Å². The molecule has 1 atom stereocenters. The van der Waals surface area contributed by atoms with E-state index < -0.39 is 5.82 Å². The van der Waals surface area contributed by atoms with Gasteiger partial charge in [0.2, 0.25) is 0 Å². The van der Waals surface area contributed by atoms with Gasteiger partial charge in [-0.15, -0.1) is 0 Å². The van der Waals surface area contributed by atoms with Gasteiger partial charge in [0.1, 0.15) is 5.82 Å². The molecular formula is C15H12BrClFNO. The molecule has 1 N–H and O–H groups in total. The molecule has 104 valence electrons. The number of carbonyl (C=O) groups is 1.